The topological polar surface area (TPSA) is 32.3 Å². The Kier molecular flexibility index (Phi) is 3.91. The first kappa shape index (κ1) is 14.3. The largest absolute Gasteiger partial charge is 0.351 e. The van der Waals surface area contributed by atoms with Crippen molar-refractivity contribution in [3.05, 3.63) is 34.9 Å². The molecule has 3 heteroatoms. The monoisotopic (exact) mass is 298 g/mol. The Morgan fingerprint density at radius 2 is 1.91 bits per heavy atom. The van der Waals surface area contributed by atoms with Gasteiger partial charge in [-0.05, 0) is 80.6 Å². The number of hydrogen-bond donors (Lipinski definition) is 1. The van der Waals surface area contributed by atoms with Crippen LogP contribution >= 0.6 is 0 Å². The van der Waals surface area contributed by atoms with E-state index in [0.29, 0.717) is 6.54 Å². The average Bonchev–Trinajstić information content (AvgIpc) is 2.60. The second-order valence-corrected chi connectivity index (χ2v) is 7.26. The molecule has 3 nitrogen and oxygen atoms in total. The summed E-state index contributed by atoms with van der Waals surface area (Å²) >= 11 is 0. The summed E-state index contributed by atoms with van der Waals surface area (Å²) in [4.78, 5) is 14.9. The van der Waals surface area contributed by atoms with Crippen LogP contribution < -0.4 is 5.32 Å². The first-order valence-electron chi connectivity index (χ1n) is 8.92. The zero-order valence-electron chi connectivity index (χ0n) is 13.3. The van der Waals surface area contributed by atoms with Gasteiger partial charge in [0.15, 0.2) is 0 Å². The van der Waals surface area contributed by atoms with E-state index in [1.54, 1.807) is 0 Å². The van der Waals surface area contributed by atoms with Gasteiger partial charge in [-0.1, -0.05) is 18.2 Å². The van der Waals surface area contributed by atoms with Gasteiger partial charge in [0.05, 0.1) is 6.04 Å². The molecule has 0 aromatic heterocycles. The zero-order chi connectivity index (χ0) is 14.9. The molecule has 1 aromatic carbocycles. The number of carbonyl (C=O) groups excluding carboxylic acids is 1. The van der Waals surface area contributed by atoms with E-state index in [4.69, 9.17) is 0 Å². The van der Waals surface area contributed by atoms with Crippen LogP contribution in [0.3, 0.4) is 0 Å². The van der Waals surface area contributed by atoms with E-state index >= 15 is 0 Å². The van der Waals surface area contributed by atoms with Gasteiger partial charge in [-0.3, -0.25) is 9.69 Å². The van der Waals surface area contributed by atoms with Crippen LogP contribution in [0.5, 0.6) is 0 Å². The minimum atomic E-state index is 0.130. The number of fused-ring (bicyclic) bond motifs is 4. The number of aryl methyl sites for hydroxylation is 2. The Morgan fingerprint density at radius 3 is 2.64 bits per heavy atom. The van der Waals surface area contributed by atoms with Crippen LogP contribution in [-0.2, 0) is 24.2 Å². The van der Waals surface area contributed by atoms with Crippen molar-refractivity contribution in [3.8, 4) is 0 Å². The molecule has 3 saturated heterocycles. The first-order chi connectivity index (χ1) is 10.8. The number of hydrogen-bond acceptors (Lipinski definition) is 2. The number of nitrogens with one attached hydrogen (secondary N) is 1. The lowest BCUT2D eigenvalue weighted by Gasteiger charge is -2.44. The molecule has 2 bridgehead atoms. The van der Waals surface area contributed by atoms with Gasteiger partial charge in [0, 0.05) is 6.54 Å². The minimum absolute atomic E-state index is 0.130. The van der Waals surface area contributed by atoms with Crippen LogP contribution in [0.2, 0.25) is 0 Å². The van der Waals surface area contributed by atoms with Gasteiger partial charge in [0.2, 0.25) is 5.91 Å². The lowest BCUT2D eigenvalue weighted by Crippen LogP contribution is -2.55. The van der Waals surface area contributed by atoms with Crippen LogP contribution in [0.25, 0.3) is 0 Å². The molecule has 1 aromatic rings. The van der Waals surface area contributed by atoms with E-state index in [1.807, 2.05) is 0 Å². The molecule has 0 saturated carbocycles. The molecule has 3 fully saturated rings. The minimum Gasteiger partial charge on any atom is -0.351 e. The maximum atomic E-state index is 12.5. The Balaban J connectivity index is 1.37. The molecular formula is C19H26N2O. The number of amides is 1. The van der Waals surface area contributed by atoms with Crippen molar-refractivity contribution in [2.45, 2.75) is 57.5 Å². The van der Waals surface area contributed by atoms with Crippen molar-refractivity contribution >= 4 is 5.91 Å². The van der Waals surface area contributed by atoms with Crippen LogP contribution in [0, 0.1) is 5.92 Å². The molecule has 0 spiro atoms. The molecule has 0 radical (unpaired) electrons. The lowest BCUT2D eigenvalue weighted by atomic mass is 9.83. The third-order valence-corrected chi connectivity index (χ3v) is 5.83. The average molecular weight is 298 g/mol. The third-order valence-electron chi connectivity index (χ3n) is 5.83. The van der Waals surface area contributed by atoms with Gasteiger partial charge < -0.3 is 5.32 Å². The summed E-state index contributed by atoms with van der Waals surface area (Å²) in [6.45, 7) is 2.91. The summed E-state index contributed by atoms with van der Waals surface area (Å²) in [7, 11) is 0. The summed E-state index contributed by atoms with van der Waals surface area (Å²) in [6, 6.07) is 6.90. The van der Waals surface area contributed by atoms with Crippen LogP contribution in [0.15, 0.2) is 18.2 Å². The SMILES string of the molecule is O=C(NCc1ccc2c(c1)CCCC2)C1CC2CCN1CC2. The van der Waals surface area contributed by atoms with E-state index in [1.165, 1.54) is 55.2 Å². The van der Waals surface area contributed by atoms with Crippen LogP contribution in [-0.4, -0.2) is 29.9 Å². The second kappa shape index (κ2) is 6.04. The van der Waals surface area contributed by atoms with E-state index < -0.39 is 0 Å². The standard InChI is InChI=1S/C19H26N2O/c22-19(18-12-14-7-9-21(18)10-8-14)20-13-15-5-6-16-3-1-2-4-17(16)11-15/h5-6,11,14,18H,1-4,7-10,12-13H2,(H,20,22). The summed E-state index contributed by atoms with van der Waals surface area (Å²) in [6.07, 6.45) is 8.69. The van der Waals surface area contributed by atoms with E-state index in [2.05, 4.69) is 28.4 Å². The lowest BCUT2D eigenvalue weighted by molar-refractivity contribution is -0.130. The quantitative estimate of drug-likeness (QED) is 0.930. The summed E-state index contributed by atoms with van der Waals surface area (Å²) in [5, 5.41) is 3.18. The highest BCUT2D eigenvalue weighted by Crippen LogP contribution is 2.31. The molecular weight excluding hydrogens is 272 g/mol. The molecule has 1 aliphatic carbocycles. The fourth-order valence-corrected chi connectivity index (χ4v) is 4.44. The highest BCUT2D eigenvalue weighted by molar-refractivity contribution is 5.82. The Bertz CT molecular complexity index is 561. The normalized spacial score (nSPS) is 29.9. The molecule has 1 N–H and O–H groups in total. The van der Waals surface area contributed by atoms with Gasteiger partial charge in [0.25, 0.3) is 0 Å². The van der Waals surface area contributed by atoms with Crippen molar-refractivity contribution < 1.29 is 4.79 Å². The van der Waals surface area contributed by atoms with Crippen molar-refractivity contribution in [2.75, 3.05) is 13.1 Å². The molecule has 118 valence electrons. The van der Waals surface area contributed by atoms with Crippen LogP contribution in [0.4, 0.5) is 0 Å². The Morgan fingerprint density at radius 1 is 1.14 bits per heavy atom. The predicted octanol–water partition coefficient (Wildman–Crippen LogP) is 2.67. The van der Waals surface area contributed by atoms with Gasteiger partial charge in [0.1, 0.15) is 0 Å². The number of benzene rings is 1. The van der Waals surface area contributed by atoms with Crippen molar-refractivity contribution in [3.63, 3.8) is 0 Å². The van der Waals surface area contributed by atoms with Crippen molar-refractivity contribution in [1.82, 2.24) is 10.2 Å². The smallest absolute Gasteiger partial charge is 0.237 e. The van der Waals surface area contributed by atoms with Gasteiger partial charge in [-0.25, -0.2) is 0 Å². The summed E-state index contributed by atoms with van der Waals surface area (Å²) in [5.41, 5.74) is 4.26. The van der Waals surface area contributed by atoms with E-state index in [9.17, 15) is 4.79 Å². The predicted molar refractivity (Wildman–Crippen MR) is 87.6 cm³/mol. The maximum Gasteiger partial charge on any atom is 0.237 e. The molecule has 1 amide bonds. The number of carbonyl (C=O) groups is 1. The second-order valence-electron chi connectivity index (χ2n) is 7.26. The molecule has 1 unspecified atom stereocenters. The summed E-state index contributed by atoms with van der Waals surface area (Å²) in [5.74, 6) is 1.02. The summed E-state index contributed by atoms with van der Waals surface area (Å²) < 4.78 is 0. The maximum absolute atomic E-state index is 12.5. The van der Waals surface area contributed by atoms with E-state index in [0.717, 1.165) is 25.4 Å². The highest BCUT2D eigenvalue weighted by Gasteiger charge is 2.37. The number of piperidine rings is 3. The fourth-order valence-electron chi connectivity index (χ4n) is 4.44. The molecule has 1 atom stereocenters. The van der Waals surface area contributed by atoms with Crippen molar-refractivity contribution in [1.29, 1.82) is 0 Å². The number of nitrogens with zero attached hydrogens (tertiary/aromatic N) is 1. The zero-order valence-corrected chi connectivity index (χ0v) is 13.3. The fraction of sp³-hybridized carbons (Fsp3) is 0.632. The Labute approximate surface area is 133 Å². The molecule has 3 heterocycles. The van der Waals surface area contributed by atoms with Gasteiger partial charge in [-0.15, -0.1) is 0 Å². The molecule has 3 aliphatic heterocycles. The molecule has 5 rings (SSSR count). The Hall–Kier alpha value is -1.35. The first-order valence-corrected chi connectivity index (χ1v) is 8.92. The molecule has 4 aliphatic rings. The van der Waals surface area contributed by atoms with Gasteiger partial charge >= 0.3 is 0 Å². The highest BCUT2D eigenvalue weighted by atomic mass is 16.2. The number of rotatable bonds is 3. The van der Waals surface area contributed by atoms with Crippen LogP contribution in [0.1, 0.15) is 48.8 Å². The van der Waals surface area contributed by atoms with Crippen molar-refractivity contribution in [2.24, 2.45) is 5.92 Å². The van der Waals surface area contributed by atoms with E-state index in [-0.39, 0.29) is 11.9 Å². The van der Waals surface area contributed by atoms with Gasteiger partial charge in [-0.2, -0.15) is 0 Å². The molecule has 22 heavy (non-hydrogen) atoms. The third kappa shape index (κ3) is 2.79.